The summed E-state index contributed by atoms with van der Waals surface area (Å²) >= 11 is 0. The van der Waals surface area contributed by atoms with Gasteiger partial charge in [-0.1, -0.05) is 54.5 Å². The van der Waals surface area contributed by atoms with Crippen LogP contribution < -0.4 is 10.2 Å². The average molecular weight is 472 g/mol. The Morgan fingerprint density at radius 1 is 1.00 bits per heavy atom. The lowest BCUT2D eigenvalue weighted by Crippen LogP contribution is -2.46. The summed E-state index contributed by atoms with van der Waals surface area (Å²) in [6.45, 7) is 3.81. The number of anilines is 1. The molecule has 1 unspecified atom stereocenters. The molecule has 0 saturated heterocycles. The number of urea groups is 1. The number of halogens is 2. The second kappa shape index (κ2) is 9.13. The summed E-state index contributed by atoms with van der Waals surface area (Å²) in [5.41, 5.74) is 3.99. The minimum absolute atomic E-state index is 0.202. The van der Waals surface area contributed by atoms with Crippen LogP contribution in [-0.2, 0) is 6.42 Å². The number of carbonyl (C=O) groups excluding carboxylic acids is 1. The highest BCUT2D eigenvalue weighted by molar-refractivity contribution is 6.01. The van der Waals surface area contributed by atoms with Gasteiger partial charge in [0.25, 0.3) is 5.89 Å². The third-order valence-corrected chi connectivity index (χ3v) is 6.03. The monoisotopic (exact) mass is 472 g/mol. The maximum absolute atomic E-state index is 14.0. The molecule has 1 N–H and O–H groups in total. The lowest BCUT2D eigenvalue weighted by Gasteiger charge is -2.35. The Hall–Kier alpha value is -4.33. The van der Waals surface area contributed by atoms with E-state index in [4.69, 9.17) is 4.52 Å². The van der Waals surface area contributed by atoms with E-state index in [2.05, 4.69) is 22.4 Å². The first-order valence-electron chi connectivity index (χ1n) is 11.2. The molecule has 0 saturated carbocycles. The number of nitrogens with zero attached hydrogens (tertiary/aromatic N) is 3. The molecular formula is C27H22F2N4O2. The second-order valence-electron chi connectivity index (χ2n) is 8.22. The standard InChI is InChI=1S/C27H22F2N4O2/c1-3-17-7-9-19(10-8-17)25-31-26(35-32-25)23-16(2)33(22-6-4-5-21(29)15-22)27(34)30-24(23)18-11-13-20(28)14-12-18/h4-15,24H,3H2,1-2H3,(H,30,34). The molecule has 0 spiro atoms. The number of hydrogen-bond donors (Lipinski definition) is 1. The number of rotatable bonds is 5. The summed E-state index contributed by atoms with van der Waals surface area (Å²) in [4.78, 5) is 19.1. The number of amides is 2. The van der Waals surface area contributed by atoms with Gasteiger partial charge < -0.3 is 9.84 Å². The highest BCUT2D eigenvalue weighted by Gasteiger charge is 2.36. The molecule has 1 aliphatic heterocycles. The number of nitrogens with one attached hydrogen (secondary N) is 1. The summed E-state index contributed by atoms with van der Waals surface area (Å²) in [7, 11) is 0. The Labute approximate surface area is 200 Å². The van der Waals surface area contributed by atoms with Crippen molar-refractivity contribution < 1.29 is 18.1 Å². The van der Waals surface area contributed by atoms with Crippen LogP contribution in [0.25, 0.3) is 17.0 Å². The van der Waals surface area contributed by atoms with Gasteiger partial charge in [0.05, 0.1) is 17.3 Å². The van der Waals surface area contributed by atoms with E-state index in [9.17, 15) is 13.6 Å². The van der Waals surface area contributed by atoms with Crippen molar-refractivity contribution in [2.24, 2.45) is 0 Å². The van der Waals surface area contributed by atoms with Gasteiger partial charge >= 0.3 is 6.03 Å². The first-order chi connectivity index (χ1) is 16.9. The molecular weight excluding hydrogens is 450 g/mol. The van der Waals surface area contributed by atoms with Gasteiger partial charge in [0, 0.05) is 11.3 Å². The maximum atomic E-state index is 14.0. The minimum Gasteiger partial charge on any atom is -0.334 e. The van der Waals surface area contributed by atoms with E-state index in [1.165, 1.54) is 40.8 Å². The van der Waals surface area contributed by atoms with E-state index in [-0.39, 0.29) is 5.89 Å². The quantitative estimate of drug-likeness (QED) is 0.371. The molecule has 2 amide bonds. The Balaban J connectivity index is 1.63. The molecule has 0 aliphatic carbocycles. The molecule has 3 aromatic carbocycles. The Bertz CT molecular complexity index is 1410. The lowest BCUT2D eigenvalue weighted by atomic mass is 9.94. The van der Waals surface area contributed by atoms with Crippen molar-refractivity contribution >= 4 is 17.3 Å². The van der Waals surface area contributed by atoms with Crippen LogP contribution in [0.2, 0.25) is 0 Å². The van der Waals surface area contributed by atoms with Crippen LogP contribution in [0.3, 0.4) is 0 Å². The minimum atomic E-state index is -0.677. The van der Waals surface area contributed by atoms with E-state index in [1.54, 1.807) is 25.1 Å². The van der Waals surface area contributed by atoms with E-state index >= 15 is 0 Å². The molecule has 2 heterocycles. The summed E-state index contributed by atoms with van der Waals surface area (Å²) in [5, 5.41) is 7.07. The number of aromatic nitrogens is 2. The van der Waals surface area contributed by atoms with Crippen molar-refractivity contribution in [2.75, 3.05) is 4.90 Å². The number of hydrogen-bond acceptors (Lipinski definition) is 4. The van der Waals surface area contributed by atoms with Crippen LogP contribution in [0, 0.1) is 11.6 Å². The van der Waals surface area contributed by atoms with Crippen LogP contribution in [0.5, 0.6) is 0 Å². The first kappa shape index (κ1) is 22.5. The molecule has 35 heavy (non-hydrogen) atoms. The summed E-state index contributed by atoms with van der Waals surface area (Å²) in [6, 6.07) is 18.3. The predicted octanol–water partition coefficient (Wildman–Crippen LogP) is 6.28. The molecule has 1 aromatic heterocycles. The smallest absolute Gasteiger partial charge is 0.327 e. The Kier molecular flexibility index (Phi) is 5.86. The van der Waals surface area contributed by atoms with E-state index in [0.717, 1.165) is 12.0 Å². The van der Waals surface area contributed by atoms with E-state index in [1.807, 2.05) is 24.3 Å². The molecule has 1 aliphatic rings. The van der Waals surface area contributed by atoms with Gasteiger partial charge in [-0.3, -0.25) is 4.90 Å². The zero-order valence-electron chi connectivity index (χ0n) is 19.1. The van der Waals surface area contributed by atoms with Crippen molar-refractivity contribution in [3.63, 3.8) is 0 Å². The van der Waals surface area contributed by atoms with Crippen molar-refractivity contribution in [3.05, 3.63) is 107 Å². The van der Waals surface area contributed by atoms with E-state index in [0.29, 0.717) is 28.3 Å². The van der Waals surface area contributed by atoms with Gasteiger partial charge in [-0.25, -0.2) is 13.6 Å². The van der Waals surface area contributed by atoms with Crippen molar-refractivity contribution in [3.8, 4) is 11.4 Å². The molecule has 6 nitrogen and oxygen atoms in total. The fourth-order valence-corrected chi connectivity index (χ4v) is 4.19. The van der Waals surface area contributed by atoms with Gasteiger partial charge in [0.1, 0.15) is 11.6 Å². The third-order valence-electron chi connectivity index (χ3n) is 6.03. The van der Waals surface area contributed by atoms with Crippen LogP contribution in [0.4, 0.5) is 19.3 Å². The molecule has 0 fully saturated rings. The zero-order valence-corrected chi connectivity index (χ0v) is 19.1. The zero-order chi connectivity index (χ0) is 24.5. The number of benzene rings is 3. The first-order valence-corrected chi connectivity index (χ1v) is 11.2. The Morgan fingerprint density at radius 2 is 1.74 bits per heavy atom. The molecule has 5 rings (SSSR count). The summed E-state index contributed by atoms with van der Waals surface area (Å²) in [5.74, 6) is -0.265. The van der Waals surface area contributed by atoms with Gasteiger partial charge in [-0.2, -0.15) is 4.98 Å². The topological polar surface area (TPSA) is 71.3 Å². The molecule has 8 heteroatoms. The molecule has 4 aromatic rings. The molecule has 0 bridgehead atoms. The predicted molar refractivity (Wildman–Crippen MR) is 128 cm³/mol. The summed E-state index contributed by atoms with van der Waals surface area (Å²) < 4.78 is 33.2. The molecule has 176 valence electrons. The third kappa shape index (κ3) is 4.30. The van der Waals surface area contributed by atoms with Gasteiger partial charge in [0.2, 0.25) is 5.82 Å². The number of aryl methyl sites for hydroxylation is 1. The largest absolute Gasteiger partial charge is 0.334 e. The van der Waals surface area contributed by atoms with Crippen LogP contribution in [-0.4, -0.2) is 16.2 Å². The lowest BCUT2D eigenvalue weighted by molar-refractivity contribution is 0.244. The maximum Gasteiger partial charge on any atom is 0.327 e. The van der Waals surface area contributed by atoms with Crippen molar-refractivity contribution in [1.82, 2.24) is 15.5 Å². The van der Waals surface area contributed by atoms with Gasteiger partial charge in [0.15, 0.2) is 0 Å². The van der Waals surface area contributed by atoms with Crippen molar-refractivity contribution in [1.29, 1.82) is 0 Å². The molecule has 0 radical (unpaired) electrons. The fourth-order valence-electron chi connectivity index (χ4n) is 4.19. The van der Waals surface area contributed by atoms with E-state index < -0.39 is 23.7 Å². The SMILES string of the molecule is CCc1ccc(-c2noc(C3=C(C)N(c4cccc(F)c4)C(=O)NC3c3ccc(F)cc3)n2)cc1. The highest BCUT2D eigenvalue weighted by atomic mass is 19.1. The van der Waals surface area contributed by atoms with Crippen LogP contribution >= 0.6 is 0 Å². The van der Waals surface area contributed by atoms with Crippen LogP contribution in [0.1, 0.15) is 36.9 Å². The number of carbonyl (C=O) groups is 1. The van der Waals surface area contributed by atoms with Crippen LogP contribution in [0.15, 0.2) is 83.0 Å². The van der Waals surface area contributed by atoms with Gasteiger partial charge in [-0.15, -0.1) is 0 Å². The molecule has 1 atom stereocenters. The average Bonchev–Trinajstić information content (AvgIpc) is 3.34. The second-order valence-corrected chi connectivity index (χ2v) is 8.22. The normalized spacial score (nSPS) is 15.9. The number of allylic oxidation sites excluding steroid dienone is 1. The fraction of sp³-hybridized carbons (Fsp3) is 0.148. The summed E-state index contributed by atoms with van der Waals surface area (Å²) in [6.07, 6.45) is 0.915. The highest BCUT2D eigenvalue weighted by Crippen LogP contribution is 2.39. The Morgan fingerprint density at radius 3 is 2.43 bits per heavy atom. The van der Waals surface area contributed by atoms with Gasteiger partial charge in [-0.05, 0) is 54.8 Å². The van der Waals surface area contributed by atoms with Crippen molar-refractivity contribution in [2.45, 2.75) is 26.3 Å².